The lowest BCUT2D eigenvalue weighted by Gasteiger charge is -2.23. The van der Waals surface area contributed by atoms with Crippen molar-refractivity contribution in [1.29, 1.82) is 0 Å². The average Bonchev–Trinajstić information content (AvgIpc) is 2.97. The molecule has 0 saturated carbocycles. The van der Waals surface area contributed by atoms with Crippen LogP contribution in [-0.2, 0) is 11.3 Å². The van der Waals surface area contributed by atoms with Gasteiger partial charge in [0.15, 0.2) is 0 Å². The van der Waals surface area contributed by atoms with Gasteiger partial charge in [0.05, 0.1) is 30.9 Å². The molecule has 0 radical (unpaired) electrons. The zero-order valence-corrected chi connectivity index (χ0v) is 12.6. The molecule has 1 aliphatic rings. The molecule has 0 unspecified atom stereocenters. The van der Waals surface area contributed by atoms with E-state index in [1.807, 2.05) is 12.5 Å². The summed E-state index contributed by atoms with van der Waals surface area (Å²) < 4.78 is 8.17. The molecule has 1 aliphatic heterocycles. The van der Waals surface area contributed by atoms with E-state index >= 15 is 0 Å². The van der Waals surface area contributed by atoms with E-state index < -0.39 is 0 Å². The molecule has 1 fully saturated rings. The zero-order chi connectivity index (χ0) is 14.5. The van der Waals surface area contributed by atoms with E-state index in [0.717, 1.165) is 39.1 Å². The molecular weight excluding hydrogens is 262 g/mol. The number of aryl methyl sites for hydroxylation is 1. The third-order valence-corrected chi connectivity index (χ3v) is 4.11. The quantitative estimate of drug-likeness (QED) is 0.918. The first-order valence-electron chi connectivity index (χ1n) is 7.73. The Morgan fingerprint density at radius 1 is 1.29 bits per heavy atom. The SMILES string of the molecule is Cc1ccccc1-c1cncn1CCOC1CCNCC1. The summed E-state index contributed by atoms with van der Waals surface area (Å²) in [4.78, 5) is 4.30. The van der Waals surface area contributed by atoms with E-state index in [4.69, 9.17) is 4.74 Å². The number of nitrogens with zero attached hydrogens (tertiary/aromatic N) is 2. The van der Waals surface area contributed by atoms with Crippen LogP contribution in [0, 0.1) is 6.92 Å². The minimum atomic E-state index is 0.414. The molecule has 1 N–H and O–H groups in total. The first-order valence-corrected chi connectivity index (χ1v) is 7.73. The number of aromatic nitrogens is 2. The number of imidazole rings is 1. The maximum Gasteiger partial charge on any atom is 0.0951 e. The summed E-state index contributed by atoms with van der Waals surface area (Å²) in [5.74, 6) is 0. The lowest BCUT2D eigenvalue weighted by molar-refractivity contribution is 0.0286. The van der Waals surface area contributed by atoms with Gasteiger partial charge < -0.3 is 14.6 Å². The first-order chi connectivity index (χ1) is 10.3. The Kier molecular flexibility index (Phi) is 4.68. The average molecular weight is 285 g/mol. The largest absolute Gasteiger partial charge is 0.376 e. The van der Waals surface area contributed by atoms with Gasteiger partial charge in [-0.15, -0.1) is 0 Å². The Balaban J connectivity index is 1.62. The van der Waals surface area contributed by atoms with E-state index in [2.05, 4.69) is 46.1 Å². The summed E-state index contributed by atoms with van der Waals surface area (Å²) in [5.41, 5.74) is 3.69. The molecule has 0 atom stereocenters. The molecule has 1 aromatic heterocycles. The van der Waals surface area contributed by atoms with Gasteiger partial charge in [-0.05, 0) is 38.4 Å². The van der Waals surface area contributed by atoms with Crippen LogP contribution in [0.15, 0.2) is 36.8 Å². The number of hydrogen-bond acceptors (Lipinski definition) is 3. The molecule has 112 valence electrons. The van der Waals surface area contributed by atoms with Crippen molar-refractivity contribution < 1.29 is 4.74 Å². The molecule has 0 aliphatic carbocycles. The van der Waals surface area contributed by atoms with Gasteiger partial charge in [0.1, 0.15) is 0 Å². The summed E-state index contributed by atoms with van der Waals surface area (Å²) >= 11 is 0. The maximum absolute atomic E-state index is 5.99. The van der Waals surface area contributed by atoms with Crippen LogP contribution in [0.25, 0.3) is 11.3 Å². The van der Waals surface area contributed by atoms with Crippen LogP contribution in [0.3, 0.4) is 0 Å². The van der Waals surface area contributed by atoms with Crippen LogP contribution in [-0.4, -0.2) is 35.4 Å². The van der Waals surface area contributed by atoms with Crippen LogP contribution in [0.5, 0.6) is 0 Å². The van der Waals surface area contributed by atoms with Crippen molar-refractivity contribution in [2.75, 3.05) is 19.7 Å². The Bertz CT molecular complexity index is 573. The molecule has 2 heterocycles. The molecule has 3 rings (SSSR count). The highest BCUT2D eigenvalue weighted by molar-refractivity contribution is 5.63. The normalized spacial score (nSPS) is 16.2. The second-order valence-electron chi connectivity index (χ2n) is 5.61. The second-order valence-corrected chi connectivity index (χ2v) is 5.61. The highest BCUT2D eigenvalue weighted by atomic mass is 16.5. The fraction of sp³-hybridized carbons (Fsp3) is 0.471. The summed E-state index contributed by atoms with van der Waals surface area (Å²) in [6.07, 6.45) is 6.49. The van der Waals surface area contributed by atoms with Gasteiger partial charge in [-0.1, -0.05) is 24.3 Å². The summed E-state index contributed by atoms with van der Waals surface area (Å²) in [5, 5.41) is 3.36. The van der Waals surface area contributed by atoms with E-state index in [1.165, 1.54) is 16.8 Å². The second kappa shape index (κ2) is 6.87. The van der Waals surface area contributed by atoms with E-state index in [0.29, 0.717) is 6.10 Å². The molecule has 2 aromatic rings. The van der Waals surface area contributed by atoms with Crippen molar-refractivity contribution in [2.45, 2.75) is 32.4 Å². The van der Waals surface area contributed by atoms with Crippen molar-refractivity contribution in [3.8, 4) is 11.3 Å². The number of ether oxygens (including phenoxy) is 1. The van der Waals surface area contributed by atoms with E-state index in [-0.39, 0.29) is 0 Å². The third kappa shape index (κ3) is 3.52. The van der Waals surface area contributed by atoms with Crippen LogP contribution in [0.4, 0.5) is 0 Å². The first kappa shape index (κ1) is 14.3. The number of piperidine rings is 1. The van der Waals surface area contributed by atoms with Gasteiger partial charge in [-0.3, -0.25) is 0 Å². The van der Waals surface area contributed by atoms with Crippen LogP contribution < -0.4 is 5.32 Å². The van der Waals surface area contributed by atoms with E-state index in [9.17, 15) is 0 Å². The van der Waals surface area contributed by atoms with E-state index in [1.54, 1.807) is 0 Å². The van der Waals surface area contributed by atoms with Crippen molar-refractivity contribution in [1.82, 2.24) is 14.9 Å². The minimum absolute atomic E-state index is 0.414. The lowest BCUT2D eigenvalue weighted by atomic mass is 10.1. The highest BCUT2D eigenvalue weighted by Gasteiger charge is 2.13. The standard InChI is InChI=1S/C17H23N3O/c1-14-4-2-3-5-16(14)17-12-19-13-20(17)10-11-21-15-6-8-18-9-7-15/h2-5,12-13,15,18H,6-11H2,1H3. The Morgan fingerprint density at radius 3 is 2.90 bits per heavy atom. The number of hydrogen-bond donors (Lipinski definition) is 1. The van der Waals surface area contributed by atoms with Gasteiger partial charge in [0.25, 0.3) is 0 Å². The number of benzene rings is 1. The Morgan fingerprint density at radius 2 is 2.10 bits per heavy atom. The minimum Gasteiger partial charge on any atom is -0.376 e. The maximum atomic E-state index is 5.99. The smallest absolute Gasteiger partial charge is 0.0951 e. The number of nitrogens with one attached hydrogen (secondary N) is 1. The van der Waals surface area contributed by atoms with Crippen molar-refractivity contribution in [3.63, 3.8) is 0 Å². The Hall–Kier alpha value is -1.65. The summed E-state index contributed by atoms with van der Waals surface area (Å²) in [7, 11) is 0. The monoisotopic (exact) mass is 285 g/mol. The molecule has 1 saturated heterocycles. The fourth-order valence-corrected chi connectivity index (χ4v) is 2.86. The molecule has 21 heavy (non-hydrogen) atoms. The lowest BCUT2D eigenvalue weighted by Crippen LogP contribution is -2.33. The van der Waals surface area contributed by atoms with Crippen molar-refractivity contribution >= 4 is 0 Å². The van der Waals surface area contributed by atoms with Gasteiger partial charge in [-0.25, -0.2) is 4.98 Å². The molecule has 0 amide bonds. The van der Waals surface area contributed by atoms with Gasteiger partial charge in [0, 0.05) is 12.1 Å². The van der Waals surface area contributed by atoms with Crippen LogP contribution in [0.1, 0.15) is 18.4 Å². The van der Waals surface area contributed by atoms with Crippen LogP contribution >= 0.6 is 0 Å². The third-order valence-electron chi connectivity index (χ3n) is 4.11. The highest BCUT2D eigenvalue weighted by Crippen LogP contribution is 2.22. The van der Waals surface area contributed by atoms with Crippen molar-refractivity contribution in [3.05, 3.63) is 42.4 Å². The zero-order valence-electron chi connectivity index (χ0n) is 12.6. The molecule has 0 bridgehead atoms. The van der Waals surface area contributed by atoms with Gasteiger partial charge in [-0.2, -0.15) is 0 Å². The molecule has 0 spiro atoms. The molecule has 4 heteroatoms. The molecule has 1 aromatic carbocycles. The van der Waals surface area contributed by atoms with Crippen molar-refractivity contribution in [2.24, 2.45) is 0 Å². The van der Waals surface area contributed by atoms with Crippen LogP contribution in [0.2, 0.25) is 0 Å². The summed E-state index contributed by atoms with van der Waals surface area (Å²) in [6.45, 7) is 5.89. The fourth-order valence-electron chi connectivity index (χ4n) is 2.86. The summed E-state index contributed by atoms with van der Waals surface area (Å²) in [6, 6.07) is 8.43. The van der Waals surface area contributed by atoms with Gasteiger partial charge >= 0.3 is 0 Å². The molecule has 4 nitrogen and oxygen atoms in total. The Labute approximate surface area is 126 Å². The molecular formula is C17H23N3O. The topological polar surface area (TPSA) is 39.1 Å². The number of rotatable bonds is 5. The van der Waals surface area contributed by atoms with Gasteiger partial charge in [0.2, 0.25) is 0 Å². The predicted octanol–water partition coefficient (Wildman–Crippen LogP) is 2.63. The predicted molar refractivity (Wildman–Crippen MR) is 84.2 cm³/mol.